The van der Waals surface area contributed by atoms with E-state index >= 15 is 0 Å². The van der Waals surface area contributed by atoms with Gasteiger partial charge in [0, 0.05) is 6.42 Å². The van der Waals surface area contributed by atoms with Crippen molar-refractivity contribution in [2.24, 2.45) is 0 Å². The van der Waals surface area contributed by atoms with Crippen LogP contribution in [-0.4, -0.2) is 13.9 Å². The first-order chi connectivity index (χ1) is 5.22. The average molecular weight is 270 g/mol. The number of alkyl halides is 5. The van der Waals surface area contributed by atoms with Gasteiger partial charge in [-0.1, -0.05) is 64.1 Å². The van der Waals surface area contributed by atoms with Crippen LogP contribution in [0.2, 0.25) is 0 Å². The highest BCUT2D eigenvalue weighted by Gasteiger charge is 2.45. The monoisotopic (exact) mass is 268 g/mol. The zero-order valence-corrected chi connectivity index (χ0v) is 9.57. The lowest BCUT2D eigenvalue weighted by molar-refractivity contribution is -0.118. The van der Waals surface area contributed by atoms with Gasteiger partial charge >= 0.3 is 0 Å². The normalized spacial score (nSPS) is 12.8. The van der Waals surface area contributed by atoms with E-state index in [1.165, 1.54) is 6.08 Å². The van der Waals surface area contributed by atoms with Crippen molar-refractivity contribution in [3.8, 4) is 0 Å². The third kappa shape index (κ3) is 3.71. The van der Waals surface area contributed by atoms with Crippen molar-refractivity contribution in [1.82, 2.24) is 0 Å². The van der Waals surface area contributed by atoms with Crippen LogP contribution in [0.1, 0.15) is 6.42 Å². The Bertz CT molecular complexity index is 193. The molecule has 0 radical (unpaired) electrons. The maximum Gasteiger partial charge on any atom is 0.251 e. The first-order valence-corrected chi connectivity index (χ1v) is 4.71. The molecular weight excluding hydrogens is 265 g/mol. The molecule has 0 atom stereocenters. The highest BCUT2D eigenvalue weighted by atomic mass is 35.6. The van der Waals surface area contributed by atoms with Crippen molar-refractivity contribution < 1.29 is 4.79 Å². The molecule has 0 aliphatic heterocycles. The topological polar surface area (TPSA) is 17.1 Å². The predicted molar refractivity (Wildman–Crippen MR) is 54.5 cm³/mol. The highest BCUT2D eigenvalue weighted by molar-refractivity contribution is 6.80. The van der Waals surface area contributed by atoms with Crippen LogP contribution in [0.5, 0.6) is 0 Å². The summed E-state index contributed by atoms with van der Waals surface area (Å²) in [6.45, 7) is 3.36. The molecular formula is C6H5Cl5O. The van der Waals surface area contributed by atoms with E-state index in [2.05, 4.69) is 6.58 Å². The third-order valence-electron chi connectivity index (χ3n) is 0.990. The summed E-state index contributed by atoms with van der Waals surface area (Å²) in [5.74, 6) is -0.872. The summed E-state index contributed by atoms with van der Waals surface area (Å²) < 4.78 is -3.81. The van der Waals surface area contributed by atoms with E-state index in [1.807, 2.05) is 0 Å². The van der Waals surface area contributed by atoms with Crippen molar-refractivity contribution in [3.05, 3.63) is 12.7 Å². The van der Waals surface area contributed by atoms with Gasteiger partial charge in [0.2, 0.25) is 5.78 Å². The number of hydrogen-bond donors (Lipinski definition) is 0. The quantitative estimate of drug-likeness (QED) is 0.565. The predicted octanol–water partition coefficient (Wildman–Crippen LogP) is 3.68. The number of carbonyl (C=O) groups is 1. The molecule has 0 aromatic carbocycles. The fraction of sp³-hybridized carbons (Fsp3) is 0.500. The molecule has 0 aliphatic carbocycles. The van der Waals surface area contributed by atoms with Gasteiger partial charge in [-0.15, -0.1) is 6.58 Å². The first kappa shape index (κ1) is 12.9. The second kappa shape index (κ2) is 4.39. The van der Waals surface area contributed by atoms with Crippen LogP contribution in [0.4, 0.5) is 0 Å². The summed E-state index contributed by atoms with van der Waals surface area (Å²) in [6.07, 6.45) is 1.40. The molecule has 0 aromatic heterocycles. The molecule has 0 heterocycles. The first-order valence-electron chi connectivity index (χ1n) is 2.82. The zero-order valence-electron chi connectivity index (χ0n) is 5.79. The molecule has 0 spiro atoms. The number of hydrogen-bond acceptors (Lipinski definition) is 1. The van der Waals surface area contributed by atoms with Crippen LogP contribution in [-0.2, 0) is 4.79 Å². The molecule has 0 saturated heterocycles. The zero-order chi connectivity index (χ0) is 9.99. The van der Waals surface area contributed by atoms with Gasteiger partial charge in [0.15, 0.2) is 4.33 Å². The highest BCUT2D eigenvalue weighted by Crippen LogP contribution is 2.38. The number of allylic oxidation sites excluding steroid dienone is 1. The van der Waals surface area contributed by atoms with Crippen molar-refractivity contribution in [3.63, 3.8) is 0 Å². The second-order valence-corrected chi connectivity index (χ2v) is 5.79. The van der Waals surface area contributed by atoms with Gasteiger partial charge in [-0.2, -0.15) is 0 Å². The Kier molecular flexibility index (Phi) is 4.70. The minimum absolute atomic E-state index is 0.0306. The van der Waals surface area contributed by atoms with Crippen LogP contribution in [0.25, 0.3) is 0 Å². The van der Waals surface area contributed by atoms with Crippen molar-refractivity contribution in [1.29, 1.82) is 0 Å². The number of carbonyl (C=O) groups excluding carboxylic acids is 1. The lowest BCUT2D eigenvalue weighted by Gasteiger charge is -2.20. The molecule has 0 amide bonds. The van der Waals surface area contributed by atoms with Crippen molar-refractivity contribution >= 4 is 63.8 Å². The maximum atomic E-state index is 11.2. The number of rotatable bonds is 3. The molecule has 0 aromatic rings. The van der Waals surface area contributed by atoms with Crippen LogP contribution in [0, 0.1) is 0 Å². The summed E-state index contributed by atoms with van der Waals surface area (Å²) in [7, 11) is 0. The van der Waals surface area contributed by atoms with Gasteiger partial charge in [0.25, 0.3) is 3.79 Å². The van der Waals surface area contributed by atoms with Crippen molar-refractivity contribution in [2.75, 3.05) is 0 Å². The van der Waals surface area contributed by atoms with Crippen LogP contribution < -0.4 is 0 Å². The molecule has 0 fully saturated rings. The molecule has 0 bridgehead atoms. The number of ketones is 1. The van der Waals surface area contributed by atoms with E-state index in [-0.39, 0.29) is 6.42 Å². The van der Waals surface area contributed by atoms with Gasteiger partial charge in [0.05, 0.1) is 0 Å². The van der Waals surface area contributed by atoms with Gasteiger partial charge in [-0.3, -0.25) is 4.79 Å². The summed E-state index contributed by atoms with van der Waals surface area (Å²) in [4.78, 5) is 11.2. The maximum absolute atomic E-state index is 11.2. The smallest absolute Gasteiger partial charge is 0.251 e. The Balaban J connectivity index is 4.57. The van der Waals surface area contributed by atoms with E-state index in [9.17, 15) is 4.79 Å². The molecule has 70 valence electrons. The molecule has 0 saturated carbocycles. The molecule has 1 nitrogen and oxygen atoms in total. The number of Topliss-reactive ketones (excluding diaryl/α,β-unsaturated/α-hetero) is 1. The molecule has 0 rings (SSSR count). The molecule has 0 aliphatic rings. The summed E-state index contributed by atoms with van der Waals surface area (Å²) in [5, 5.41) is 0. The van der Waals surface area contributed by atoms with E-state index in [0.29, 0.717) is 0 Å². The summed E-state index contributed by atoms with van der Waals surface area (Å²) in [5.41, 5.74) is 0. The van der Waals surface area contributed by atoms with Gasteiger partial charge in [-0.25, -0.2) is 0 Å². The van der Waals surface area contributed by atoms with Gasteiger partial charge in [-0.05, 0) is 0 Å². The van der Waals surface area contributed by atoms with Crippen LogP contribution >= 0.6 is 58.0 Å². The lowest BCUT2D eigenvalue weighted by Crippen LogP contribution is -2.35. The van der Waals surface area contributed by atoms with Gasteiger partial charge < -0.3 is 0 Å². The molecule has 12 heavy (non-hydrogen) atoms. The van der Waals surface area contributed by atoms with Gasteiger partial charge in [0.1, 0.15) is 0 Å². The Morgan fingerprint density at radius 1 is 1.25 bits per heavy atom. The Morgan fingerprint density at radius 3 is 1.92 bits per heavy atom. The molecule has 6 heteroatoms. The molecule has 0 N–H and O–H groups in total. The number of halogens is 5. The van der Waals surface area contributed by atoms with E-state index < -0.39 is 13.9 Å². The van der Waals surface area contributed by atoms with E-state index in [0.717, 1.165) is 0 Å². The summed E-state index contributed by atoms with van der Waals surface area (Å²) >= 11 is 27.0. The Morgan fingerprint density at radius 2 is 1.67 bits per heavy atom. The SMILES string of the molecule is C=CCC(Cl)(Cl)C(=O)C(Cl)(Cl)Cl. The van der Waals surface area contributed by atoms with E-state index in [1.54, 1.807) is 0 Å². The van der Waals surface area contributed by atoms with Crippen molar-refractivity contribution in [2.45, 2.75) is 14.5 Å². The van der Waals surface area contributed by atoms with E-state index in [4.69, 9.17) is 58.0 Å². The average Bonchev–Trinajstić information content (AvgIpc) is 1.84. The minimum Gasteiger partial charge on any atom is -0.291 e. The molecule has 0 unspecified atom stereocenters. The Labute approximate surface area is 95.6 Å². The second-order valence-electron chi connectivity index (χ2n) is 2.02. The standard InChI is InChI=1S/C6H5Cl5O/c1-2-3-5(7,8)4(12)6(9,10)11/h2H,1,3H2. The third-order valence-corrected chi connectivity index (χ3v) is 2.16. The summed E-state index contributed by atoms with van der Waals surface area (Å²) in [6, 6.07) is 0. The minimum atomic E-state index is -2.09. The Hall–Kier alpha value is 0.860. The largest absolute Gasteiger partial charge is 0.291 e. The fourth-order valence-corrected chi connectivity index (χ4v) is 1.76. The van der Waals surface area contributed by atoms with Crippen LogP contribution in [0.15, 0.2) is 12.7 Å². The lowest BCUT2D eigenvalue weighted by atomic mass is 10.2. The van der Waals surface area contributed by atoms with Crippen LogP contribution in [0.3, 0.4) is 0 Å². The fourth-order valence-electron chi connectivity index (χ4n) is 0.481.